The highest BCUT2D eigenvalue weighted by Crippen LogP contribution is 2.29. The average Bonchev–Trinajstić information content (AvgIpc) is 2.43. The van der Waals surface area contributed by atoms with Gasteiger partial charge in [0.25, 0.3) is 10.0 Å². The SMILES string of the molecule is Cc1cc(Br)c(S(=O)(=O)Nc2ccc(C#N)cn2)cc1Br. The summed E-state index contributed by atoms with van der Waals surface area (Å²) in [4.78, 5) is 3.99. The molecule has 5 nitrogen and oxygen atoms in total. The topological polar surface area (TPSA) is 82.9 Å². The molecule has 0 radical (unpaired) electrons. The zero-order valence-corrected chi connectivity index (χ0v) is 14.8. The molecule has 21 heavy (non-hydrogen) atoms. The van der Waals surface area contributed by atoms with E-state index in [4.69, 9.17) is 5.26 Å². The largest absolute Gasteiger partial charge is 0.264 e. The molecule has 0 spiro atoms. The lowest BCUT2D eigenvalue weighted by Crippen LogP contribution is -2.14. The summed E-state index contributed by atoms with van der Waals surface area (Å²) in [5, 5.41) is 8.69. The van der Waals surface area contributed by atoms with Gasteiger partial charge < -0.3 is 0 Å². The van der Waals surface area contributed by atoms with Crippen molar-refractivity contribution in [3.63, 3.8) is 0 Å². The lowest BCUT2D eigenvalue weighted by Gasteiger charge is -2.10. The van der Waals surface area contributed by atoms with Gasteiger partial charge in [0.2, 0.25) is 0 Å². The Morgan fingerprint density at radius 2 is 1.95 bits per heavy atom. The Bertz CT molecular complexity index is 828. The third-order valence-corrected chi connectivity index (χ3v) is 5.80. The lowest BCUT2D eigenvalue weighted by atomic mass is 10.2. The quantitative estimate of drug-likeness (QED) is 0.806. The third kappa shape index (κ3) is 3.61. The molecule has 0 aliphatic rings. The van der Waals surface area contributed by atoms with Crippen LogP contribution in [0.2, 0.25) is 0 Å². The van der Waals surface area contributed by atoms with Crippen LogP contribution in [0.5, 0.6) is 0 Å². The number of pyridine rings is 1. The van der Waals surface area contributed by atoms with Gasteiger partial charge in [-0.2, -0.15) is 5.26 Å². The molecule has 1 aromatic carbocycles. The Hall–Kier alpha value is -1.43. The van der Waals surface area contributed by atoms with Crippen molar-refractivity contribution >= 4 is 47.7 Å². The average molecular weight is 431 g/mol. The maximum atomic E-state index is 12.4. The van der Waals surface area contributed by atoms with Crippen LogP contribution in [-0.2, 0) is 10.0 Å². The maximum Gasteiger partial charge on any atom is 0.264 e. The van der Waals surface area contributed by atoms with E-state index in [-0.39, 0.29) is 10.7 Å². The molecule has 0 unspecified atom stereocenters. The number of aromatic nitrogens is 1. The van der Waals surface area contributed by atoms with Gasteiger partial charge in [-0.05, 0) is 52.7 Å². The molecule has 0 atom stereocenters. The van der Waals surface area contributed by atoms with Gasteiger partial charge in [-0.1, -0.05) is 15.9 Å². The minimum Gasteiger partial charge on any atom is -0.263 e. The van der Waals surface area contributed by atoms with Gasteiger partial charge in [-0.15, -0.1) is 0 Å². The summed E-state index contributed by atoms with van der Waals surface area (Å²) in [6, 6.07) is 8.08. The normalized spacial score (nSPS) is 11.0. The summed E-state index contributed by atoms with van der Waals surface area (Å²) < 4.78 is 28.3. The van der Waals surface area contributed by atoms with Crippen molar-refractivity contribution in [1.29, 1.82) is 5.26 Å². The molecule has 2 aromatic rings. The highest BCUT2D eigenvalue weighted by Gasteiger charge is 2.19. The van der Waals surface area contributed by atoms with Crippen LogP contribution in [0, 0.1) is 18.3 Å². The molecule has 8 heteroatoms. The van der Waals surface area contributed by atoms with E-state index in [1.807, 2.05) is 13.0 Å². The molecule has 108 valence electrons. The van der Waals surface area contributed by atoms with Crippen LogP contribution < -0.4 is 4.72 Å². The lowest BCUT2D eigenvalue weighted by molar-refractivity contribution is 0.600. The number of nitrogens with zero attached hydrogens (tertiary/aromatic N) is 2. The zero-order valence-electron chi connectivity index (χ0n) is 10.8. The fourth-order valence-corrected chi connectivity index (χ4v) is 4.23. The molecule has 0 fully saturated rings. The number of sulfonamides is 1. The van der Waals surface area contributed by atoms with Crippen LogP contribution in [-0.4, -0.2) is 13.4 Å². The van der Waals surface area contributed by atoms with E-state index in [0.29, 0.717) is 14.5 Å². The fourth-order valence-electron chi connectivity index (χ4n) is 1.55. The van der Waals surface area contributed by atoms with Crippen molar-refractivity contribution in [2.45, 2.75) is 11.8 Å². The number of aryl methyl sites for hydroxylation is 1. The number of halogens is 2. The second-order valence-electron chi connectivity index (χ2n) is 4.18. The minimum atomic E-state index is -3.78. The molecule has 0 amide bonds. The molecular weight excluding hydrogens is 422 g/mol. The molecule has 0 bridgehead atoms. The predicted molar refractivity (Wildman–Crippen MR) is 86.3 cm³/mol. The van der Waals surface area contributed by atoms with Gasteiger partial charge in [-0.3, -0.25) is 4.72 Å². The highest BCUT2D eigenvalue weighted by atomic mass is 79.9. The van der Waals surface area contributed by atoms with Gasteiger partial charge in [0.1, 0.15) is 16.8 Å². The maximum absolute atomic E-state index is 12.4. The number of hydrogen-bond acceptors (Lipinski definition) is 4. The summed E-state index contributed by atoms with van der Waals surface area (Å²) in [5.41, 5.74) is 1.27. The number of rotatable bonds is 3. The van der Waals surface area contributed by atoms with Crippen molar-refractivity contribution in [3.05, 3.63) is 50.5 Å². The van der Waals surface area contributed by atoms with E-state index in [2.05, 4.69) is 41.6 Å². The van der Waals surface area contributed by atoms with E-state index in [9.17, 15) is 8.42 Å². The number of benzene rings is 1. The monoisotopic (exact) mass is 429 g/mol. The van der Waals surface area contributed by atoms with E-state index in [1.54, 1.807) is 6.07 Å². The standard InChI is InChI=1S/C13H9Br2N3O2S/c1-8-4-11(15)12(5-10(8)14)21(19,20)18-13-3-2-9(6-16)7-17-13/h2-5,7H,1H3,(H,17,18). The number of anilines is 1. The Morgan fingerprint density at radius 3 is 2.52 bits per heavy atom. The van der Waals surface area contributed by atoms with Gasteiger partial charge in [0.15, 0.2) is 0 Å². The molecule has 0 saturated carbocycles. The van der Waals surface area contributed by atoms with E-state index in [1.165, 1.54) is 24.4 Å². The van der Waals surface area contributed by atoms with E-state index in [0.717, 1.165) is 5.56 Å². The minimum absolute atomic E-state index is 0.103. The highest BCUT2D eigenvalue weighted by molar-refractivity contribution is 9.11. The number of hydrogen-bond donors (Lipinski definition) is 1. The molecule has 2 rings (SSSR count). The Kier molecular flexibility index (Phi) is 4.66. The Morgan fingerprint density at radius 1 is 1.24 bits per heavy atom. The van der Waals surface area contributed by atoms with Crippen LogP contribution in [0.25, 0.3) is 0 Å². The van der Waals surface area contributed by atoms with Crippen LogP contribution >= 0.6 is 31.9 Å². The van der Waals surface area contributed by atoms with Crippen molar-refractivity contribution < 1.29 is 8.42 Å². The zero-order chi connectivity index (χ0) is 15.6. The van der Waals surface area contributed by atoms with E-state index >= 15 is 0 Å². The van der Waals surface area contributed by atoms with Gasteiger partial charge >= 0.3 is 0 Å². The summed E-state index contributed by atoms with van der Waals surface area (Å²) in [6.45, 7) is 1.86. The molecule has 1 heterocycles. The third-order valence-electron chi connectivity index (χ3n) is 2.63. The Balaban J connectivity index is 2.38. The number of nitriles is 1. The van der Waals surface area contributed by atoms with Crippen LogP contribution in [0.4, 0.5) is 5.82 Å². The molecule has 1 N–H and O–H groups in total. The predicted octanol–water partition coefficient (Wildman–Crippen LogP) is 3.59. The van der Waals surface area contributed by atoms with Crippen molar-refractivity contribution in [2.75, 3.05) is 4.72 Å². The first-order valence-electron chi connectivity index (χ1n) is 5.68. The van der Waals surface area contributed by atoms with E-state index < -0.39 is 10.0 Å². The van der Waals surface area contributed by atoms with Crippen LogP contribution in [0.3, 0.4) is 0 Å². The summed E-state index contributed by atoms with van der Waals surface area (Å²) in [5.74, 6) is 0.151. The van der Waals surface area contributed by atoms with Gasteiger partial charge in [0.05, 0.1) is 5.56 Å². The Labute approximate surface area is 139 Å². The second kappa shape index (κ2) is 6.13. The molecule has 0 aliphatic heterocycles. The molecule has 0 saturated heterocycles. The fraction of sp³-hybridized carbons (Fsp3) is 0.0769. The first kappa shape index (κ1) is 15.9. The molecule has 0 aliphatic carbocycles. The molecular formula is C13H9Br2N3O2S. The number of nitrogens with one attached hydrogen (secondary N) is 1. The first-order valence-corrected chi connectivity index (χ1v) is 8.75. The van der Waals surface area contributed by atoms with Gasteiger partial charge in [-0.25, -0.2) is 13.4 Å². The van der Waals surface area contributed by atoms with Crippen LogP contribution in [0.15, 0.2) is 44.3 Å². The van der Waals surface area contributed by atoms with Crippen molar-refractivity contribution in [2.24, 2.45) is 0 Å². The summed E-state index contributed by atoms with van der Waals surface area (Å²) in [6.07, 6.45) is 1.30. The van der Waals surface area contributed by atoms with Crippen molar-refractivity contribution in [1.82, 2.24) is 4.98 Å². The first-order chi connectivity index (χ1) is 9.83. The second-order valence-corrected chi connectivity index (χ2v) is 7.54. The molecule has 1 aromatic heterocycles. The van der Waals surface area contributed by atoms with Crippen molar-refractivity contribution in [3.8, 4) is 6.07 Å². The summed E-state index contributed by atoms with van der Waals surface area (Å²) in [7, 11) is -3.78. The van der Waals surface area contributed by atoms with Gasteiger partial charge in [0, 0.05) is 15.1 Å². The smallest absolute Gasteiger partial charge is 0.263 e. The summed E-state index contributed by atoms with van der Waals surface area (Å²) >= 11 is 6.56. The van der Waals surface area contributed by atoms with Crippen LogP contribution in [0.1, 0.15) is 11.1 Å².